The molecule has 1 heterocycles. The average molecular weight is 277 g/mol. The number of fused-ring (bicyclic) bond motifs is 1. The summed E-state index contributed by atoms with van der Waals surface area (Å²) in [5, 5.41) is 22.2. The smallest absolute Gasteiger partial charge is 0.287 e. The van der Waals surface area contributed by atoms with E-state index in [1.165, 1.54) is 0 Å². The number of amides is 1. The molecule has 0 atom stereocenters. The first-order valence-electron chi connectivity index (χ1n) is 6.58. The van der Waals surface area contributed by atoms with Crippen molar-refractivity contribution in [2.24, 2.45) is 0 Å². The fourth-order valence-electron chi connectivity index (χ4n) is 2.02. The molecule has 2 rings (SSSR count). The van der Waals surface area contributed by atoms with Crippen molar-refractivity contribution in [3.8, 4) is 0 Å². The Labute approximate surface area is 117 Å². The van der Waals surface area contributed by atoms with Crippen molar-refractivity contribution >= 4 is 16.9 Å². The molecule has 0 aliphatic rings. The number of hydrogen-bond acceptors (Lipinski definition) is 4. The zero-order chi connectivity index (χ0) is 14.8. The van der Waals surface area contributed by atoms with Crippen LogP contribution in [-0.2, 0) is 0 Å². The Kier molecular flexibility index (Phi) is 4.11. The molecule has 0 aliphatic carbocycles. The second-order valence-corrected chi connectivity index (χ2v) is 5.06. The largest absolute Gasteiger partial charge is 0.451 e. The van der Waals surface area contributed by atoms with Crippen molar-refractivity contribution in [3.05, 3.63) is 35.6 Å². The van der Waals surface area contributed by atoms with E-state index >= 15 is 0 Å². The van der Waals surface area contributed by atoms with E-state index in [9.17, 15) is 15.0 Å². The number of rotatable bonds is 5. The first-order valence-corrected chi connectivity index (χ1v) is 6.58. The molecule has 0 saturated carbocycles. The molecule has 5 nitrogen and oxygen atoms in total. The van der Waals surface area contributed by atoms with Gasteiger partial charge in [0.1, 0.15) is 5.58 Å². The van der Waals surface area contributed by atoms with Crippen LogP contribution in [0, 0.1) is 6.92 Å². The number of aryl methyl sites for hydroxylation is 1. The van der Waals surface area contributed by atoms with Gasteiger partial charge in [-0.2, -0.15) is 0 Å². The highest BCUT2D eigenvalue weighted by molar-refractivity contribution is 5.96. The fraction of sp³-hybridized carbons (Fsp3) is 0.400. The molecule has 2 aromatic rings. The molecule has 20 heavy (non-hydrogen) atoms. The summed E-state index contributed by atoms with van der Waals surface area (Å²) in [5.74, 6) is -0.269. The van der Waals surface area contributed by atoms with E-state index in [1.807, 2.05) is 25.1 Å². The number of hydrogen-bond donors (Lipinski definition) is 3. The van der Waals surface area contributed by atoms with Crippen LogP contribution in [0.4, 0.5) is 0 Å². The highest BCUT2D eigenvalue weighted by Crippen LogP contribution is 2.21. The Hall–Kier alpha value is -1.85. The topological polar surface area (TPSA) is 82.7 Å². The van der Waals surface area contributed by atoms with Gasteiger partial charge in [-0.3, -0.25) is 4.79 Å². The van der Waals surface area contributed by atoms with E-state index in [0.717, 1.165) is 10.9 Å². The minimum absolute atomic E-state index is 0.172. The molecule has 0 fully saturated rings. The minimum atomic E-state index is -1.02. The Morgan fingerprint density at radius 3 is 2.60 bits per heavy atom. The molecule has 3 N–H and O–H groups in total. The first-order chi connectivity index (χ1) is 9.53. The maximum absolute atomic E-state index is 12.2. The highest BCUT2D eigenvalue weighted by Gasteiger charge is 2.30. The molecule has 1 aromatic carbocycles. The number of furan rings is 1. The SMILES string of the molecule is CCC(CO)(CO)NC(=O)c1cc2cc(C)ccc2o1. The maximum atomic E-state index is 12.2. The Morgan fingerprint density at radius 1 is 1.30 bits per heavy atom. The van der Waals surface area contributed by atoms with Crippen LogP contribution < -0.4 is 5.32 Å². The Morgan fingerprint density at radius 2 is 2.00 bits per heavy atom. The van der Waals surface area contributed by atoms with Gasteiger partial charge in [-0.05, 0) is 31.5 Å². The Bertz CT molecular complexity index is 605. The van der Waals surface area contributed by atoms with Crippen molar-refractivity contribution in [3.63, 3.8) is 0 Å². The van der Waals surface area contributed by atoms with Crippen molar-refractivity contribution in [1.29, 1.82) is 0 Å². The van der Waals surface area contributed by atoms with Crippen molar-refractivity contribution in [2.45, 2.75) is 25.8 Å². The number of aliphatic hydroxyl groups is 2. The summed E-state index contributed by atoms with van der Waals surface area (Å²) < 4.78 is 5.49. The van der Waals surface area contributed by atoms with E-state index < -0.39 is 11.4 Å². The van der Waals surface area contributed by atoms with Gasteiger partial charge in [0.2, 0.25) is 0 Å². The number of nitrogens with one attached hydrogen (secondary N) is 1. The number of carbonyl (C=O) groups excluding carboxylic acids is 1. The van der Waals surface area contributed by atoms with Crippen LogP contribution in [0.25, 0.3) is 11.0 Å². The summed E-state index contributed by atoms with van der Waals surface area (Å²) in [4.78, 5) is 12.2. The molecule has 1 amide bonds. The van der Waals surface area contributed by atoms with E-state index in [2.05, 4.69) is 5.32 Å². The van der Waals surface area contributed by atoms with Crippen LogP contribution >= 0.6 is 0 Å². The number of aliphatic hydroxyl groups excluding tert-OH is 2. The quantitative estimate of drug-likeness (QED) is 0.775. The van der Waals surface area contributed by atoms with E-state index in [1.54, 1.807) is 13.0 Å². The molecule has 0 bridgehead atoms. The lowest BCUT2D eigenvalue weighted by atomic mass is 9.98. The first kappa shape index (κ1) is 14.6. The van der Waals surface area contributed by atoms with Crippen LogP contribution in [0.2, 0.25) is 0 Å². The van der Waals surface area contributed by atoms with Gasteiger partial charge >= 0.3 is 0 Å². The lowest BCUT2D eigenvalue weighted by molar-refractivity contribution is 0.0634. The maximum Gasteiger partial charge on any atom is 0.287 e. The third-order valence-electron chi connectivity index (χ3n) is 3.56. The molecule has 0 spiro atoms. The van der Waals surface area contributed by atoms with Gasteiger partial charge in [0.15, 0.2) is 5.76 Å². The second-order valence-electron chi connectivity index (χ2n) is 5.06. The van der Waals surface area contributed by atoms with E-state index in [0.29, 0.717) is 12.0 Å². The van der Waals surface area contributed by atoms with E-state index in [4.69, 9.17) is 4.42 Å². The van der Waals surface area contributed by atoms with Crippen LogP contribution in [0.3, 0.4) is 0 Å². The predicted molar refractivity (Wildman–Crippen MR) is 75.6 cm³/mol. The number of benzene rings is 1. The molecule has 0 saturated heterocycles. The summed E-state index contributed by atoms with van der Waals surface area (Å²) in [6, 6.07) is 7.31. The molecule has 108 valence electrons. The lowest BCUT2D eigenvalue weighted by Gasteiger charge is -2.29. The van der Waals surface area contributed by atoms with Gasteiger partial charge in [0.05, 0.1) is 18.8 Å². The standard InChI is InChI=1S/C15H19NO4/c1-3-15(8-17,9-18)16-14(19)13-7-11-6-10(2)4-5-12(11)20-13/h4-7,17-18H,3,8-9H2,1-2H3,(H,16,19). The summed E-state index contributed by atoms with van der Waals surface area (Å²) in [6.45, 7) is 3.09. The molecular weight excluding hydrogens is 258 g/mol. The van der Waals surface area contributed by atoms with Crippen molar-refractivity contribution < 1.29 is 19.4 Å². The second kappa shape index (κ2) is 5.64. The minimum Gasteiger partial charge on any atom is -0.451 e. The average Bonchev–Trinajstić information content (AvgIpc) is 2.88. The third-order valence-corrected chi connectivity index (χ3v) is 3.56. The van der Waals surface area contributed by atoms with Gasteiger partial charge in [0.25, 0.3) is 5.91 Å². The fourth-order valence-corrected chi connectivity index (χ4v) is 2.02. The monoisotopic (exact) mass is 277 g/mol. The summed E-state index contributed by atoms with van der Waals surface area (Å²) >= 11 is 0. The summed E-state index contributed by atoms with van der Waals surface area (Å²) in [6.07, 6.45) is 0.422. The van der Waals surface area contributed by atoms with Crippen molar-refractivity contribution in [1.82, 2.24) is 5.32 Å². The predicted octanol–water partition coefficient (Wildman–Crippen LogP) is 1.60. The lowest BCUT2D eigenvalue weighted by Crippen LogP contribution is -2.53. The van der Waals surface area contributed by atoms with Gasteiger partial charge in [-0.25, -0.2) is 0 Å². The van der Waals surface area contributed by atoms with Crippen LogP contribution in [0.1, 0.15) is 29.5 Å². The molecule has 1 aromatic heterocycles. The van der Waals surface area contributed by atoms with Gasteiger partial charge < -0.3 is 19.9 Å². The normalized spacial score (nSPS) is 11.8. The van der Waals surface area contributed by atoms with Crippen LogP contribution in [-0.4, -0.2) is 34.9 Å². The molecular formula is C15H19NO4. The zero-order valence-electron chi connectivity index (χ0n) is 11.6. The Balaban J connectivity index is 2.27. The van der Waals surface area contributed by atoms with Crippen molar-refractivity contribution in [2.75, 3.05) is 13.2 Å². The molecule has 0 unspecified atom stereocenters. The van der Waals surface area contributed by atoms with Gasteiger partial charge in [-0.1, -0.05) is 18.6 Å². The van der Waals surface area contributed by atoms with Crippen LogP contribution in [0.5, 0.6) is 0 Å². The molecule has 5 heteroatoms. The summed E-state index contributed by atoms with van der Waals surface area (Å²) in [7, 11) is 0. The highest BCUT2D eigenvalue weighted by atomic mass is 16.3. The van der Waals surface area contributed by atoms with Crippen LogP contribution in [0.15, 0.2) is 28.7 Å². The zero-order valence-corrected chi connectivity index (χ0v) is 11.6. The summed E-state index contributed by atoms with van der Waals surface area (Å²) in [5.41, 5.74) is 0.695. The van der Waals surface area contributed by atoms with Gasteiger partial charge in [0, 0.05) is 5.39 Å². The van der Waals surface area contributed by atoms with E-state index in [-0.39, 0.29) is 19.0 Å². The van der Waals surface area contributed by atoms with Gasteiger partial charge in [-0.15, -0.1) is 0 Å². The molecule has 0 radical (unpaired) electrons. The molecule has 0 aliphatic heterocycles. The number of carbonyl (C=O) groups is 1. The third kappa shape index (κ3) is 2.69.